The Morgan fingerprint density at radius 2 is 1.92 bits per heavy atom. The Hall–Kier alpha value is -0.890. The first-order chi connectivity index (χ1) is 11.4. The summed E-state index contributed by atoms with van der Waals surface area (Å²) in [5.74, 6) is 0. The maximum atomic E-state index is 11.9. The fourth-order valence-electron chi connectivity index (χ4n) is 3.17. The van der Waals surface area contributed by atoms with Gasteiger partial charge < -0.3 is 20.1 Å². The topological polar surface area (TPSA) is 71.3 Å². The molecule has 2 aliphatic heterocycles. The van der Waals surface area contributed by atoms with E-state index in [1.165, 1.54) is 0 Å². The van der Waals surface area contributed by atoms with Crippen molar-refractivity contribution in [1.29, 1.82) is 0 Å². The average Bonchev–Trinajstić information content (AvgIpc) is 2.55. The van der Waals surface area contributed by atoms with Gasteiger partial charge in [0, 0.05) is 51.4 Å². The average molecular weight is 342 g/mol. The molecular formula is C17H34N4O3. The molecule has 7 heteroatoms. The zero-order chi connectivity index (χ0) is 17.6. The number of morpholine rings is 1. The van der Waals surface area contributed by atoms with Gasteiger partial charge in [-0.2, -0.15) is 0 Å². The van der Waals surface area contributed by atoms with Gasteiger partial charge in [-0.3, -0.25) is 9.80 Å². The molecule has 0 aliphatic carbocycles. The van der Waals surface area contributed by atoms with Gasteiger partial charge in [0.15, 0.2) is 0 Å². The van der Waals surface area contributed by atoms with E-state index in [1.54, 1.807) is 4.90 Å². The summed E-state index contributed by atoms with van der Waals surface area (Å²) in [5.41, 5.74) is 5.60. The molecule has 0 radical (unpaired) electrons. The summed E-state index contributed by atoms with van der Waals surface area (Å²) in [6.07, 6.45) is 0.756. The predicted octanol–water partition coefficient (Wildman–Crippen LogP) is 0.589. The van der Waals surface area contributed by atoms with Crippen molar-refractivity contribution in [3.63, 3.8) is 0 Å². The highest BCUT2D eigenvalue weighted by molar-refractivity contribution is 5.67. The van der Waals surface area contributed by atoms with Crippen LogP contribution in [-0.4, -0.2) is 98.0 Å². The molecule has 7 nitrogen and oxygen atoms in total. The van der Waals surface area contributed by atoms with Crippen LogP contribution >= 0.6 is 0 Å². The van der Waals surface area contributed by atoms with Crippen molar-refractivity contribution < 1.29 is 14.3 Å². The number of carbonyl (C=O) groups excluding carboxylic acids is 1. The maximum absolute atomic E-state index is 11.9. The third-order valence-corrected chi connectivity index (χ3v) is 4.75. The largest absolute Gasteiger partial charge is 0.449 e. The molecule has 0 aromatic carbocycles. The molecule has 2 saturated heterocycles. The lowest BCUT2D eigenvalue weighted by Gasteiger charge is -2.43. The van der Waals surface area contributed by atoms with Crippen LogP contribution in [0.5, 0.6) is 0 Å². The van der Waals surface area contributed by atoms with Crippen molar-refractivity contribution in [3.8, 4) is 0 Å². The molecule has 2 N–H and O–H groups in total. The molecule has 0 aromatic heterocycles. The van der Waals surface area contributed by atoms with E-state index in [-0.39, 0.29) is 17.7 Å². The van der Waals surface area contributed by atoms with Crippen LogP contribution in [0, 0.1) is 0 Å². The number of piperazine rings is 1. The van der Waals surface area contributed by atoms with E-state index in [0.717, 1.165) is 58.8 Å². The molecule has 1 amide bonds. The summed E-state index contributed by atoms with van der Waals surface area (Å²) in [5, 5.41) is 0. The number of hydrogen-bond donors (Lipinski definition) is 1. The van der Waals surface area contributed by atoms with Crippen molar-refractivity contribution in [2.24, 2.45) is 5.73 Å². The van der Waals surface area contributed by atoms with Crippen molar-refractivity contribution in [1.82, 2.24) is 14.7 Å². The maximum Gasteiger partial charge on any atom is 0.409 e. The predicted molar refractivity (Wildman–Crippen MR) is 94.1 cm³/mol. The van der Waals surface area contributed by atoms with E-state index in [0.29, 0.717) is 13.2 Å². The molecule has 0 spiro atoms. The number of hydrogen-bond acceptors (Lipinski definition) is 6. The number of carbonyl (C=O) groups is 1. The van der Waals surface area contributed by atoms with E-state index in [9.17, 15) is 4.79 Å². The van der Waals surface area contributed by atoms with Crippen LogP contribution in [0.15, 0.2) is 0 Å². The van der Waals surface area contributed by atoms with Crippen LogP contribution in [0.4, 0.5) is 4.79 Å². The molecule has 1 atom stereocenters. The van der Waals surface area contributed by atoms with Gasteiger partial charge in [0.05, 0.1) is 19.3 Å². The Balaban J connectivity index is 1.70. The Labute approximate surface area is 146 Å². The van der Waals surface area contributed by atoms with Gasteiger partial charge in [-0.25, -0.2) is 4.79 Å². The smallest absolute Gasteiger partial charge is 0.409 e. The highest BCUT2D eigenvalue weighted by Gasteiger charge is 2.30. The molecule has 24 heavy (non-hydrogen) atoms. The normalized spacial score (nSPS) is 24.2. The molecule has 0 aromatic rings. The van der Waals surface area contributed by atoms with E-state index in [1.807, 2.05) is 0 Å². The third kappa shape index (κ3) is 5.88. The molecule has 0 saturated carbocycles. The summed E-state index contributed by atoms with van der Waals surface area (Å²) in [6.45, 7) is 14.6. The minimum atomic E-state index is -0.212. The lowest BCUT2D eigenvalue weighted by Crippen LogP contribution is -2.56. The van der Waals surface area contributed by atoms with Gasteiger partial charge in [-0.15, -0.1) is 0 Å². The molecule has 0 bridgehead atoms. The fraction of sp³-hybridized carbons (Fsp3) is 0.941. The van der Waals surface area contributed by atoms with E-state index < -0.39 is 0 Å². The van der Waals surface area contributed by atoms with Gasteiger partial charge in [-0.05, 0) is 33.7 Å². The van der Waals surface area contributed by atoms with Gasteiger partial charge in [0.1, 0.15) is 0 Å². The Morgan fingerprint density at radius 1 is 1.21 bits per heavy atom. The van der Waals surface area contributed by atoms with Gasteiger partial charge in [0.2, 0.25) is 0 Å². The SMILES string of the molecule is CC(C)(C)N1CCOC(CN2CCN(C(=O)OCCCN)CC2)C1. The van der Waals surface area contributed by atoms with Crippen LogP contribution in [0.3, 0.4) is 0 Å². The third-order valence-electron chi connectivity index (χ3n) is 4.75. The van der Waals surface area contributed by atoms with Gasteiger partial charge in [-0.1, -0.05) is 0 Å². The Kier molecular flexibility index (Phi) is 7.28. The summed E-state index contributed by atoms with van der Waals surface area (Å²) < 4.78 is 11.2. The van der Waals surface area contributed by atoms with Crippen molar-refractivity contribution in [2.45, 2.75) is 38.8 Å². The lowest BCUT2D eigenvalue weighted by molar-refractivity contribution is -0.0719. The minimum Gasteiger partial charge on any atom is -0.449 e. The molecule has 1 unspecified atom stereocenters. The van der Waals surface area contributed by atoms with Crippen LogP contribution in [-0.2, 0) is 9.47 Å². The molecule has 2 heterocycles. The quantitative estimate of drug-likeness (QED) is 0.738. The van der Waals surface area contributed by atoms with E-state index in [4.69, 9.17) is 15.2 Å². The zero-order valence-corrected chi connectivity index (χ0v) is 15.5. The first kappa shape index (κ1) is 19.4. The van der Waals surface area contributed by atoms with Crippen LogP contribution in [0.25, 0.3) is 0 Å². The fourth-order valence-corrected chi connectivity index (χ4v) is 3.17. The van der Waals surface area contributed by atoms with E-state index >= 15 is 0 Å². The lowest BCUT2D eigenvalue weighted by atomic mass is 10.0. The van der Waals surface area contributed by atoms with Crippen molar-refractivity contribution in [2.75, 3.05) is 65.6 Å². The Bertz CT molecular complexity index is 392. The van der Waals surface area contributed by atoms with Crippen LogP contribution < -0.4 is 5.73 Å². The van der Waals surface area contributed by atoms with Crippen molar-refractivity contribution in [3.05, 3.63) is 0 Å². The second kappa shape index (κ2) is 8.99. The molecule has 2 rings (SSSR count). The highest BCUT2D eigenvalue weighted by Crippen LogP contribution is 2.18. The number of ether oxygens (including phenoxy) is 2. The highest BCUT2D eigenvalue weighted by atomic mass is 16.6. The number of rotatable bonds is 5. The monoisotopic (exact) mass is 342 g/mol. The number of amides is 1. The summed E-state index contributed by atoms with van der Waals surface area (Å²) in [6, 6.07) is 0. The van der Waals surface area contributed by atoms with E-state index in [2.05, 4.69) is 30.6 Å². The second-order valence-electron chi connectivity index (χ2n) is 7.65. The number of nitrogens with zero attached hydrogens (tertiary/aromatic N) is 3. The standard InChI is InChI=1S/C17H34N4O3/c1-17(2,3)21-10-12-23-15(14-21)13-19-6-8-20(9-7-19)16(22)24-11-4-5-18/h15H,4-14,18H2,1-3H3. The summed E-state index contributed by atoms with van der Waals surface area (Å²) in [7, 11) is 0. The second-order valence-corrected chi connectivity index (χ2v) is 7.65. The zero-order valence-electron chi connectivity index (χ0n) is 15.5. The van der Waals surface area contributed by atoms with Crippen molar-refractivity contribution >= 4 is 6.09 Å². The Morgan fingerprint density at radius 3 is 2.54 bits per heavy atom. The van der Waals surface area contributed by atoms with Crippen LogP contribution in [0.2, 0.25) is 0 Å². The van der Waals surface area contributed by atoms with Gasteiger partial charge >= 0.3 is 6.09 Å². The summed E-state index contributed by atoms with van der Waals surface area (Å²) >= 11 is 0. The molecule has 2 fully saturated rings. The summed E-state index contributed by atoms with van der Waals surface area (Å²) in [4.78, 5) is 18.6. The molecular weight excluding hydrogens is 308 g/mol. The molecule has 2 aliphatic rings. The molecule has 140 valence electrons. The number of nitrogens with two attached hydrogens (primary N) is 1. The first-order valence-electron chi connectivity index (χ1n) is 9.11. The first-order valence-corrected chi connectivity index (χ1v) is 9.11. The van der Waals surface area contributed by atoms with Crippen LogP contribution in [0.1, 0.15) is 27.2 Å². The minimum absolute atomic E-state index is 0.189. The van der Waals surface area contributed by atoms with Gasteiger partial charge in [0.25, 0.3) is 0 Å².